The lowest BCUT2D eigenvalue weighted by atomic mass is 9.96. The summed E-state index contributed by atoms with van der Waals surface area (Å²) in [5, 5.41) is 7.14. The van der Waals surface area contributed by atoms with E-state index in [1.807, 2.05) is 10.9 Å². The molecule has 24 heavy (non-hydrogen) atoms. The van der Waals surface area contributed by atoms with Gasteiger partial charge < -0.3 is 5.32 Å². The number of alkyl halides is 3. The van der Waals surface area contributed by atoms with Crippen LogP contribution in [-0.4, -0.2) is 46.4 Å². The number of nitrogens with one attached hydrogen (secondary N) is 1. The molecule has 1 unspecified atom stereocenters. The van der Waals surface area contributed by atoms with Crippen molar-refractivity contribution in [1.29, 1.82) is 0 Å². The first-order chi connectivity index (χ1) is 11.3. The minimum atomic E-state index is -4.18. The quantitative estimate of drug-likeness (QED) is 0.893. The van der Waals surface area contributed by atoms with E-state index in [1.165, 1.54) is 17.7 Å². The maximum atomic E-state index is 12.4. The molecule has 8 heteroatoms. The third-order valence-electron chi connectivity index (χ3n) is 4.95. The first-order valence-corrected chi connectivity index (χ1v) is 8.46. The van der Waals surface area contributed by atoms with Crippen LogP contribution in [0, 0.1) is 11.8 Å². The second kappa shape index (κ2) is 6.74. The van der Waals surface area contributed by atoms with Crippen LogP contribution in [0.15, 0.2) is 12.4 Å². The van der Waals surface area contributed by atoms with E-state index in [-0.39, 0.29) is 11.8 Å². The minimum absolute atomic E-state index is 0.125. The third-order valence-corrected chi connectivity index (χ3v) is 4.95. The molecule has 2 fully saturated rings. The summed E-state index contributed by atoms with van der Waals surface area (Å²) in [5.74, 6) is 0.311. The van der Waals surface area contributed by atoms with E-state index < -0.39 is 12.7 Å². The van der Waals surface area contributed by atoms with E-state index in [0.29, 0.717) is 43.6 Å². The Morgan fingerprint density at radius 2 is 2.00 bits per heavy atom. The molecular weight excluding hydrogens is 321 g/mol. The van der Waals surface area contributed by atoms with Crippen LogP contribution in [0.25, 0.3) is 0 Å². The molecule has 1 N–H and O–H groups in total. The number of carbonyl (C=O) groups is 1. The zero-order valence-corrected chi connectivity index (χ0v) is 13.7. The van der Waals surface area contributed by atoms with Crippen molar-refractivity contribution < 1.29 is 18.0 Å². The molecule has 134 valence electrons. The minimum Gasteiger partial charge on any atom is -0.323 e. The summed E-state index contributed by atoms with van der Waals surface area (Å²) >= 11 is 0. The number of amides is 1. The fourth-order valence-corrected chi connectivity index (χ4v) is 3.27. The molecule has 0 radical (unpaired) electrons. The standard InChI is InChI=1S/C16H23F3N4O/c1-11(12-2-3-12)23-9-14(8-20-23)21-15(24)13-4-6-22(7-5-13)10-16(17,18)19/h8-9,11-13H,2-7,10H2,1H3,(H,21,24). The Morgan fingerprint density at radius 3 is 2.58 bits per heavy atom. The van der Waals surface area contributed by atoms with E-state index in [0.717, 1.165) is 0 Å². The predicted octanol–water partition coefficient (Wildman–Crippen LogP) is 3.07. The first kappa shape index (κ1) is 17.3. The molecule has 1 atom stereocenters. The van der Waals surface area contributed by atoms with Crippen molar-refractivity contribution in [3.63, 3.8) is 0 Å². The van der Waals surface area contributed by atoms with Crippen LogP contribution >= 0.6 is 0 Å². The van der Waals surface area contributed by atoms with E-state index in [2.05, 4.69) is 17.3 Å². The zero-order chi connectivity index (χ0) is 17.3. The van der Waals surface area contributed by atoms with Crippen LogP contribution in [0.2, 0.25) is 0 Å². The fraction of sp³-hybridized carbons (Fsp3) is 0.750. The monoisotopic (exact) mass is 344 g/mol. The van der Waals surface area contributed by atoms with Crippen LogP contribution < -0.4 is 5.32 Å². The van der Waals surface area contributed by atoms with E-state index in [4.69, 9.17) is 0 Å². The van der Waals surface area contributed by atoms with Crippen molar-refractivity contribution in [3.05, 3.63) is 12.4 Å². The van der Waals surface area contributed by atoms with Gasteiger partial charge in [0.15, 0.2) is 0 Å². The van der Waals surface area contributed by atoms with Crippen molar-refractivity contribution in [3.8, 4) is 0 Å². The lowest BCUT2D eigenvalue weighted by Gasteiger charge is -2.31. The number of piperidine rings is 1. The number of rotatable bonds is 5. The van der Waals surface area contributed by atoms with Gasteiger partial charge in [-0.05, 0) is 51.6 Å². The first-order valence-electron chi connectivity index (χ1n) is 8.46. The number of aromatic nitrogens is 2. The molecule has 5 nitrogen and oxygen atoms in total. The second-order valence-electron chi connectivity index (χ2n) is 6.94. The molecule has 2 heterocycles. The van der Waals surface area contributed by atoms with Gasteiger partial charge in [0.1, 0.15) is 0 Å². The summed E-state index contributed by atoms with van der Waals surface area (Å²) in [7, 11) is 0. The van der Waals surface area contributed by atoms with Gasteiger partial charge in [-0.1, -0.05) is 0 Å². The third kappa shape index (κ3) is 4.49. The summed E-state index contributed by atoms with van der Waals surface area (Å²) in [4.78, 5) is 13.7. The Labute approximate surface area is 139 Å². The number of carbonyl (C=O) groups excluding carboxylic acids is 1. The molecule has 1 aliphatic carbocycles. The van der Waals surface area contributed by atoms with Gasteiger partial charge in [-0.25, -0.2) is 0 Å². The molecule has 0 aromatic carbocycles. The number of halogens is 3. The summed E-state index contributed by atoms with van der Waals surface area (Å²) in [6, 6.07) is 0.334. The number of nitrogens with zero attached hydrogens (tertiary/aromatic N) is 3. The van der Waals surface area contributed by atoms with E-state index >= 15 is 0 Å². The lowest BCUT2D eigenvalue weighted by Crippen LogP contribution is -2.42. The molecule has 1 aliphatic heterocycles. The molecule has 1 aromatic heterocycles. The van der Waals surface area contributed by atoms with Crippen molar-refractivity contribution >= 4 is 11.6 Å². The highest BCUT2D eigenvalue weighted by Crippen LogP contribution is 2.39. The Bertz CT molecular complexity index is 574. The molecule has 0 spiro atoms. The molecule has 0 bridgehead atoms. The average molecular weight is 344 g/mol. The SMILES string of the molecule is CC(C1CC1)n1cc(NC(=O)C2CCN(CC(F)(F)F)CC2)cn1. The Balaban J connectivity index is 1.47. The lowest BCUT2D eigenvalue weighted by molar-refractivity contribution is -0.149. The Morgan fingerprint density at radius 1 is 1.33 bits per heavy atom. The van der Waals surface area contributed by atoms with Gasteiger partial charge in [0.2, 0.25) is 5.91 Å². The van der Waals surface area contributed by atoms with Gasteiger partial charge in [-0.3, -0.25) is 14.4 Å². The van der Waals surface area contributed by atoms with Crippen LogP contribution in [0.3, 0.4) is 0 Å². The second-order valence-corrected chi connectivity index (χ2v) is 6.94. The molecule has 1 saturated heterocycles. The van der Waals surface area contributed by atoms with Gasteiger partial charge >= 0.3 is 6.18 Å². The topological polar surface area (TPSA) is 50.2 Å². The van der Waals surface area contributed by atoms with Gasteiger partial charge in [-0.15, -0.1) is 0 Å². The summed E-state index contributed by atoms with van der Waals surface area (Å²) in [6.45, 7) is 1.82. The van der Waals surface area contributed by atoms with Gasteiger partial charge in [-0.2, -0.15) is 18.3 Å². The number of hydrogen-bond donors (Lipinski definition) is 1. The molecule has 1 aromatic rings. The smallest absolute Gasteiger partial charge is 0.323 e. The van der Waals surface area contributed by atoms with Crippen LogP contribution in [0.1, 0.15) is 38.6 Å². The largest absolute Gasteiger partial charge is 0.401 e. The zero-order valence-electron chi connectivity index (χ0n) is 13.7. The van der Waals surface area contributed by atoms with Gasteiger partial charge in [0, 0.05) is 12.1 Å². The fourth-order valence-electron chi connectivity index (χ4n) is 3.27. The van der Waals surface area contributed by atoms with E-state index in [1.54, 1.807) is 6.20 Å². The normalized spacial score (nSPS) is 21.7. The molecule has 1 amide bonds. The maximum Gasteiger partial charge on any atom is 0.401 e. The maximum absolute atomic E-state index is 12.4. The van der Waals surface area contributed by atoms with E-state index in [9.17, 15) is 18.0 Å². The summed E-state index contributed by atoms with van der Waals surface area (Å²) in [5.41, 5.74) is 0.658. The van der Waals surface area contributed by atoms with Crippen LogP contribution in [0.4, 0.5) is 18.9 Å². The molecule has 1 saturated carbocycles. The number of likely N-dealkylation sites (tertiary alicyclic amines) is 1. The highest BCUT2D eigenvalue weighted by molar-refractivity contribution is 5.92. The number of hydrogen-bond acceptors (Lipinski definition) is 3. The van der Waals surface area contributed by atoms with Gasteiger partial charge in [0.05, 0.1) is 24.5 Å². The summed E-state index contributed by atoms with van der Waals surface area (Å²) in [6.07, 6.45) is 2.64. The number of anilines is 1. The van der Waals surface area contributed by atoms with Crippen LogP contribution in [0.5, 0.6) is 0 Å². The predicted molar refractivity (Wildman–Crippen MR) is 83.5 cm³/mol. The van der Waals surface area contributed by atoms with Crippen molar-refractivity contribution in [2.75, 3.05) is 25.0 Å². The van der Waals surface area contributed by atoms with Crippen molar-refractivity contribution in [2.24, 2.45) is 11.8 Å². The van der Waals surface area contributed by atoms with Crippen molar-refractivity contribution in [1.82, 2.24) is 14.7 Å². The average Bonchev–Trinajstić information content (AvgIpc) is 3.25. The van der Waals surface area contributed by atoms with Crippen molar-refractivity contribution in [2.45, 2.75) is 44.8 Å². The molecule has 2 aliphatic rings. The Hall–Kier alpha value is -1.57. The summed E-state index contributed by atoms with van der Waals surface area (Å²) < 4.78 is 39.0. The van der Waals surface area contributed by atoms with Crippen LogP contribution in [-0.2, 0) is 4.79 Å². The highest BCUT2D eigenvalue weighted by Gasteiger charge is 2.34. The van der Waals surface area contributed by atoms with Gasteiger partial charge in [0.25, 0.3) is 0 Å². The Kier molecular flexibility index (Phi) is 4.85. The molecular formula is C16H23F3N4O. The molecule has 3 rings (SSSR count). The highest BCUT2D eigenvalue weighted by atomic mass is 19.4.